The van der Waals surface area contributed by atoms with Gasteiger partial charge in [-0.05, 0) is 64.0 Å². The lowest BCUT2D eigenvalue weighted by Gasteiger charge is -2.42. The lowest BCUT2D eigenvalue weighted by Crippen LogP contribution is -2.48. The molecule has 0 bridgehead atoms. The van der Waals surface area contributed by atoms with Gasteiger partial charge in [-0.1, -0.05) is 33.1 Å². The van der Waals surface area contributed by atoms with Crippen molar-refractivity contribution in [3.05, 3.63) is 0 Å². The van der Waals surface area contributed by atoms with E-state index in [9.17, 15) is 0 Å². The maximum Gasteiger partial charge on any atom is 0.0105 e. The molecule has 1 saturated heterocycles. The lowest BCUT2D eigenvalue weighted by molar-refractivity contribution is 0.0844. The molecule has 0 amide bonds. The van der Waals surface area contributed by atoms with Crippen molar-refractivity contribution in [2.24, 2.45) is 11.8 Å². The van der Waals surface area contributed by atoms with Gasteiger partial charge in [-0.15, -0.1) is 0 Å². The molecule has 1 aliphatic heterocycles. The first-order chi connectivity index (χ1) is 9.78. The minimum absolute atomic E-state index is 0.766. The van der Waals surface area contributed by atoms with Gasteiger partial charge >= 0.3 is 0 Å². The van der Waals surface area contributed by atoms with E-state index >= 15 is 0 Å². The molecule has 4 atom stereocenters. The van der Waals surface area contributed by atoms with Crippen LogP contribution >= 0.6 is 0 Å². The standard InChI is InChI=1S/C18H36N2/c1-4-8-15-10-11-18(19-3)16(13-15)14-20-12-7-6-9-17(20)5-2/h15-19H,4-14H2,1-3H3. The number of hydrogen-bond donors (Lipinski definition) is 1. The Hall–Kier alpha value is -0.0800. The third-order valence-corrected chi connectivity index (χ3v) is 5.85. The zero-order valence-electron chi connectivity index (χ0n) is 14.0. The number of nitrogens with zero attached hydrogens (tertiary/aromatic N) is 1. The predicted octanol–water partition coefficient (Wildman–Crippen LogP) is 4.06. The van der Waals surface area contributed by atoms with Crippen LogP contribution in [-0.2, 0) is 0 Å². The molecule has 4 unspecified atom stereocenters. The summed E-state index contributed by atoms with van der Waals surface area (Å²) in [5.74, 6) is 1.89. The van der Waals surface area contributed by atoms with Crippen LogP contribution in [0.1, 0.15) is 71.6 Å². The number of nitrogens with one attached hydrogen (secondary N) is 1. The zero-order chi connectivity index (χ0) is 14.4. The fourth-order valence-corrected chi connectivity index (χ4v) is 4.68. The summed E-state index contributed by atoms with van der Waals surface area (Å²) in [6.07, 6.45) is 12.8. The number of rotatable bonds is 6. The van der Waals surface area contributed by atoms with Gasteiger partial charge in [0.2, 0.25) is 0 Å². The van der Waals surface area contributed by atoms with Crippen LogP contribution in [0, 0.1) is 11.8 Å². The van der Waals surface area contributed by atoms with E-state index in [0.29, 0.717) is 0 Å². The summed E-state index contributed by atoms with van der Waals surface area (Å²) in [5, 5.41) is 3.61. The smallest absolute Gasteiger partial charge is 0.0105 e. The monoisotopic (exact) mass is 280 g/mol. The summed E-state index contributed by atoms with van der Waals surface area (Å²) in [5.41, 5.74) is 0. The van der Waals surface area contributed by atoms with Gasteiger partial charge in [-0.3, -0.25) is 0 Å². The number of likely N-dealkylation sites (tertiary alicyclic amines) is 1. The summed E-state index contributed by atoms with van der Waals surface area (Å²) < 4.78 is 0. The third kappa shape index (κ3) is 4.21. The van der Waals surface area contributed by atoms with Gasteiger partial charge in [-0.2, -0.15) is 0 Å². The molecule has 0 aromatic heterocycles. The molecule has 2 fully saturated rings. The van der Waals surface area contributed by atoms with Crippen LogP contribution in [0.3, 0.4) is 0 Å². The first kappa shape index (κ1) is 16.3. The van der Waals surface area contributed by atoms with Crippen molar-refractivity contribution in [2.45, 2.75) is 83.7 Å². The third-order valence-electron chi connectivity index (χ3n) is 5.85. The first-order valence-electron chi connectivity index (χ1n) is 9.19. The maximum absolute atomic E-state index is 3.61. The molecule has 2 aliphatic rings. The molecule has 118 valence electrons. The lowest BCUT2D eigenvalue weighted by atomic mass is 9.75. The zero-order valence-corrected chi connectivity index (χ0v) is 14.0. The van der Waals surface area contributed by atoms with Gasteiger partial charge in [0.15, 0.2) is 0 Å². The van der Waals surface area contributed by atoms with Crippen LogP contribution in [0.25, 0.3) is 0 Å². The summed E-state index contributed by atoms with van der Waals surface area (Å²) in [4.78, 5) is 2.83. The van der Waals surface area contributed by atoms with Gasteiger partial charge in [0.05, 0.1) is 0 Å². The Morgan fingerprint density at radius 1 is 1.10 bits per heavy atom. The molecule has 0 spiro atoms. The quantitative estimate of drug-likeness (QED) is 0.789. The highest BCUT2D eigenvalue weighted by Crippen LogP contribution is 2.34. The average Bonchev–Trinajstić information content (AvgIpc) is 2.48. The fourth-order valence-electron chi connectivity index (χ4n) is 4.68. The molecule has 0 aromatic rings. The van der Waals surface area contributed by atoms with Crippen LogP contribution in [0.4, 0.5) is 0 Å². The van der Waals surface area contributed by atoms with Crippen molar-refractivity contribution in [3.63, 3.8) is 0 Å². The van der Waals surface area contributed by atoms with E-state index in [1.807, 2.05) is 0 Å². The van der Waals surface area contributed by atoms with Crippen molar-refractivity contribution in [3.8, 4) is 0 Å². The highest BCUT2D eigenvalue weighted by atomic mass is 15.2. The SMILES string of the molecule is CCCC1CCC(NC)C(CN2CCCCC2CC)C1. The molecular formula is C18H36N2. The Balaban J connectivity index is 1.92. The predicted molar refractivity (Wildman–Crippen MR) is 88.1 cm³/mol. The van der Waals surface area contributed by atoms with Crippen LogP contribution in [0.2, 0.25) is 0 Å². The van der Waals surface area contributed by atoms with Gasteiger partial charge in [0, 0.05) is 18.6 Å². The van der Waals surface area contributed by atoms with E-state index in [0.717, 1.165) is 23.9 Å². The molecule has 1 saturated carbocycles. The van der Waals surface area contributed by atoms with Gasteiger partial charge in [0.1, 0.15) is 0 Å². The largest absolute Gasteiger partial charge is 0.317 e. The summed E-state index contributed by atoms with van der Waals surface area (Å²) in [6.45, 7) is 7.42. The minimum atomic E-state index is 0.766. The van der Waals surface area contributed by atoms with Crippen LogP contribution in [0.15, 0.2) is 0 Å². The van der Waals surface area contributed by atoms with Gasteiger partial charge in [0.25, 0.3) is 0 Å². The van der Waals surface area contributed by atoms with Gasteiger partial charge in [-0.25, -0.2) is 0 Å². The first-order valence-corrected chi connectivity index (χ1v) is 9.19. The molecule has 20 heavy (non-hydrogen) atoms. The van der Waals surface area contributed by atoms with Crippen molar-refractivity contribution >= 4 is 0 Å². The Kier molecular flexibility index (Phi) is 6.83. The number of hydrogen-bond acceptors (Lipinski definition) is 2. The van der Waals surface area contributed by atoms with E-state index < -0.39 is 0 Å². The molecular weight excluding hydrogens is 244 g/mol. The normalized spacial score (nSPS) is 36.1. The Morgan fingerprint density at radius 3 is 2.65 bits per heavy atom. The second-order valence-electron chi connectivity index (χ2n) is 7.18. The van der Waals surface area contributed by atoms with E-state index in [4.69, 9.17) is 0 Å². The maximum atomic E-state index is 3.61. The van der Waals surface area contributed by atoms with E-state index in [2.05, 4.69) is 31.1 Å². The van der Waals surface area contributed by atoms with E-state index in [-0.39, 0.29) is 0 Å². The Bertz CT molecular complexity index is 266. The Morgan fingerprint density at radius 2 is 1.95 bits per heavy atom. The average molecular weight is 280 g/mol. The van der Waals surface area contributed by atoms with E-state index in [1.54, 1.807) is 0 Å². The van der Waals surface area contributed by atoms with Crippen molar-refractivity contribution < 1.29 is 0 Å². The van der Waals surface area contributed by atoms with Crippen molar-refractivity contribution in [1.82, 2.24) is 10.2 Å². The molecule has 0 radical (unpaired) electrons. The molecule has 2 heteroatoms. The summed E-state index contributed by atoms with van der Waals surface area (Å²) >= 11 is 0. The molecule has 0 aromatic carbocycles. The van der Waals surface area contributed by atoms with Crippen LogP contribution in [0.5, 0.6) is 0 Å². The molecule has 1 heterocycles. The minimum Gasteiger partial charge on any atom is -0.317 e. The fraction of sp³-hybridized carbons (Fsp3) is 1.00. The molecule has 1 aliphatic carbocycles. The van der Waals surface area contributed by atoms with Gasteiger partial charge < -0.3 is 10.2 Å². The van der Waals surface area contributed by atoms with E-state index in [1.165, 1.54) is 70.9 Å². The molecule has 2 rings (SSSR count). The number of piperidine rings is 1. The highest BCUT2D eigenvalue weighted by molar-refractivity contribution is 4.88. The molecule has 2 nitrogen and oxygen atoms in total. The van der Waals surface area contributed by atoms with Crippen molar-refractivity contribution in [2.75, 3.05) is 20.1 Å². The topological polar surface area (TPSA) is 15.3 Å². The summed E-state index contributed by atoms with van der Waals surface area (Å²) in [6, 6.07) is 1.63. The second kappa shape index (κ2) is 8.38. The Labute approximate surface area is 126 Å². The second-order valence-corrected chi connectivity index (χ2v) is 7.18. The van der Waals surface area contributed by atoms with Crippen LogP contribution in [-0.4, -0.2) is 37.1 Å². The van der Waals surface area contributed by atoms with Crippen molar-refractivity contribution in [1.29, 1.82) is 0 Å². The van der Waals surface area contributed by atoms with Crippen LogP contribution < -0.4 is 5.32 Å². The highest BCUT2D eigenvalue weighted by Gasteiger charge is 2.32. The molecule has 1 N–H and O–H groups in total. The summed E-state index contributed by atoms with van der Waals surface area (Å²) in [7, 11) is 2.17.